The van der Waals surface area contributed by atoms with Gasteiger partial charge in [0.15, 0.2) is 0 Å². The van der Waals surface area contributed by atoms with Crippen molar-refractivity contribution in [2.45, 2.75) is 0 Å². The fraction of sp³-hybridized carbons (Fsp3) is 0.500. The van der Waals surface area contributed by atoms with E-state index in [1.165, 1.54) is 0 Å². The first-order valence-corrected chi connectivity index (χ1v) is 3.13. The van der Waals surface area contributed by atoms with Crippen LogP contribution in [0.1, 0.15) is 0 Å². The van der Waals surface area contributed by atoms with Gasteiger partial charge in [-0.3, -0.25) is 0 Å². The summed E-state index contributed by atoms with van der Waals surface area (Å²) in [5.74, 6) is 0. The van der Waals surface area contributed by atoms with E-state index in [0.717, 1.165) is 6.16 Å². The van der Waals surface area contributed by atoms with Crippen LogP contribution in [0.15, 0.2) is 0 Å². The molecule has 4 heavy (non-hydrogen) atoms. The van der Waals surface area contributed by atoms with Crippen molar-refractivity contribution in [3.63, 3.8) is 0 Å². The predicted octanol–water partition coefficient (Wildman–Crippen LogP) is 0.368. The van der Waals surface area contributed by atoms with Crippen LogP contribution in [0.25, 0.3) is 0 Å². The molecular formula is C2H4PRe. The Morgan fingerprint density at radius 3 is 2.25 bits per heavy atom. The second-order valence-corrected chi connectivity index (χ2v) is 1.71. The van der Waals surface area contributed by atoms with Crippen molar-refractivity contribution in [1.82, 2.24) is 0 Å². The van der Waals surface area contributed by atoms with E-state index in [2.05, 4.69) is 13.5 Å². The summed E-state index contributed by atoms with van der Waals surface area (Å²) in [4.78, 5) is 0. The Labute approximate surface area is 38.7 Å². The molecule has 1 atom stereocenters. The van der Waals surface area contributed by atoms with Crippen molar-refractivity contribution in [2.24, 2.45) is 0 Å². The molecule has 0 amide bonds. The van der Waals surface area contributed by atoms with E-state index in [9.17, 15) is 0 Å². The maximum absolute atomic E-state index is 2.95. The molecule has 0 rings (SSSR count). The van der Waals surface area contributed by atoms with Gasteiger partial charge < -0.3 is 0 Å². The molecule has 24 valence electrons. The SMILES string of the molecule is PC[C]#[Re]. The van der Waals surface area contributed by atoms with Gasteiger partial charge in [0.05, 0.1) is 0 Å². The van der Waals surface area contributed by atoms with E-state index >= 15 is 0 Å². The third-order valence-electron chi connectivity index (χ3n) is 0.0772. The summed E-state index contributed by atoms with van der Waals surface area (Å²) in [6.07, 6.45) is 1.01. The number of hydrogen-bond donors (Lipinski definition) is 0. The van der Waals surface area contributed by atoms with E-state index in [-0.39, 0.29) is 0 Å². The maximum atomic E-state index is 2.95. The summed E-state index contributed by atoms with van der Waals surface area (Å²) in [6, 6.07) is 0. The molecule has 0 aromatic carbocycles. The first-order chi connectivity index (χ1) is 1.91. The van der Waals surface area contributed by atoms with Gasteiger partial charge >= 0.3 is 38.2 Å². The fourth-order valence-corrected chi connectivity index (χ4v) is 0. The number of rotatable bonds is 0. The molecule has 0 aromatic heterocycles. The van der Waals surface area contributed by atoms with Crippen LogP contribution in [0.4, 0.5) is 0 Å². The van der Waals surface area contributed by atoms with Gasteiger partial charge in [0.1, 0.15) is 0 Å². The van der Waals surface area contributed by atoms with Crippen molar-refractivity contribution in [3.8, 4) is 4.29 Å². The molecule has 0 saturated carbocycles. The first-order valence-electron chi connectivity index (χ1n) is 0.951. The van der Waals surface area contributed by atoms with Gasteiger partial charge in [0.25, 0.3) is 0 Å². The van der Waals surface area contributed by atoms with Crippen molar-refractivity contribution >= 4 is 9.24 Å². The second-order valence-electron chi connectivity index (χ2n) is 0.338. The Balaban J connectivity index is 2.43. The molecule has 0 aromatic rings. The average Bonchev–Trinajstić information content (AvgIpc) is 1.37. The van der Waals surface area contributed by atoms with Crippen LogP contribution in [0.3, 0.4) is 0 Å². The zero-order valence-corrected chi connectivity index (χ0v) is 6.03. The van der Waals surface area contributed by atoms with E-state index in [0.29, 0.717) is 0 Å². The zero-order valence-electron chi connectivity index (χ0n) is 2.16. The Bertz CT molecular complexity index is 35.8. The molecule has 1 unspecified atom stereocenters. The topological polar surface area (TPSA) is 0 Å². The van der Waals surface area contributed by atoms with E-state index in [4.69, 9.17) is 0 Å². The summed E-state index contributed by atoms with van der Waals surface area (Å²) >= 11 is 1.59. The third kappa shape index (κ3) is 2.87. The Morgan fingerprint density at radius 2 is 2.25 bits per heavy atom. The second kappa shape index (κ2) is 3.87. The van der Waals surface area contributed by atoms with Gasteiger partial charge in [-0.1, -0.05) is 0 Å². The fourth-order valence-electron chi connectivity index (χ4n) is 0. The number of hydrogen-bond acceptors (Lipinski definition) is 0. The standard InChI is InChI=1S/C2H4P.Re/c1-2-3;/h2-3H2;. The Kier molecular flexibility index (Phi) is 4.72. The van der Waals surface area contributed by atoms with Crippen LogP contribution >= 0.6 is 9.24 Å². The van der Waals surface area contributed by atoms with Crippen LogP contribution in [0.2, 0.25) is 0 Å². The Morgan fingerprint density at radius 1 is 2.00 bits per heavy atom. The first kappa shape index (κ1) is 4.87. The molecule has 0 aliphatic carbocycles. The zero-order chi connectivity index (χ0) is 3.41. The molecule has 0 N–H and O–H groups in total. The molecule has 0 spiro atoms. The molecule has 0 saturated heterocycles. The molecule has 0 bridgehead atoms. The van der Waals surface area contributed by atoms with Crippen molar-refractivity contribution in [3.05, 3.63) is 0 Å². The molecule has 2 heteroatoms. The van der Waals surface area contributed by atoms with E-state index < -0.39 is 0 Å². The quantitative estimate of drug-likeness (QED) is 0.541. The summed E-state index contributed by atoms with van der Waals surface area (Å²) in [5.41, 5.74) is 0. The normalized spacial score (nSPS) is 5.25. The Hall–Kier alpha value is 0.872. The molecule has 0 aliphatic rings. The predicted molar refractivity (Wildman–Crippen MR) is 18.5 cm³/mol. The van der Waals surface area contributed by atoms with Crippen LogP contribution in [-0.4, -0.2) is 6.16 Å². The monoisotopic (exact) mass is 246 g/mol. The summed E-state index contributed by atoms with van der Waals surface area (Å²) in [7, 11) is 2.56. The molecular weight excluding hydrogens is 241 g/mol. The van der Waals surface area contributed by atoms with Crippen molar-refractivity contribution in [1.29, 1.82) is 0 Å². The molecule has 0 heterocycles. The molecule has 0 radical (unpaired) electrons. The van der Waals surface area contributed by atoms with Crippen molar-refractivity contribution < 1.29 is 18.5 Å². The van der Waals surface area contributed by atoms with E-state index in [1.54, 1.807) is 18.5 Å². The van der Waals surface area contributed by atoms with Crippen LogP contribution < -0.4 is 0 Å². The van der Waals surface area contributed by atoms with Crippen LogP contribution in [0, 0.1) is 4.29 Å². The van der Waals surface area contributed by atoms with Gasteiger partial charge in [-0.05, 0) is 0 Å². The van der Waals surface area contributed by atoms with E-state index in [1.807, 2.05) is 0 Å². The molecule has 0 fully saturated rings. The van der Waals surface area contributed by atoms with Gasteiger partial charge in [0, 0.05) is 0 Å². The van der Waals surface area contributed by atoms with Crippen molar-refractivity contribution in [2.75, 3.05) is 6.16 Å². The summed E-state index contributed by atoms with van der Waals surface area (Å²) in [5, 5.41) is 0. The summed E-state index contributed by atoms with van der Waals surface area (Å²) < 4.78 is 2.95. The molecule has 0 nitrogen and oxygen atoms in total. The minimum atomic E-state index is 1.01. The van der Waals surface area contributed by atoms with Gasteiger partial charge in [-0.2, -0.15) is 0 Å². The minimum absolute atomic E-state index is 1.01. The van der Waals surface area contributed by atoms with Gasteiger partial charge in [0.2, 0.25) is 0 Å². The van der Waals surface area contributed by atoms with Gasteiger partial charge in [-0.25, -0.2) is 0 Å². The van der Waals surface area contributed by atoms with Crippen LogP contribution in [-0.2, 0) is 18.5 Å². The van der Waals surface area contributed by atoms with Gasteiger partial charge in [-0.15, -0.1) is 0 Å². The molecule has 0 aliphatic heterocycles. The third-order valence-corrected chi connectivity index (χ3v) is 1.89. The van der Waals surface area contributed by atoms with Crippen LogP contribution in [0.5, 0.6) is 0 Å². The summed E-state index contributed by atoms with van der Waals surface area (Å²) in [6.45, 7) is 0. The average molecular weight is 245 g/mol.